The Morgan fingerprint density at radius 3 is 2.29 bits per heavy atom. The quantitative estimate of drug-likeness (QED) is 0.753. The van der Waals surface area contributed by atoms with E-state index in [0.29, 0.717) is 13.1 Å². The minimum Gasteiger partial charge on any atom is -0.351 e. The number of nitrogens with two attached hydrogens (primary N) is 2. The summed E-state index contributed by atoms with van der Waals surface area (Å²) >= 11 is 0. The highest BCUT2D eigenvalue weighted by Gasteiger charge is 2.08. The van der Waals surface area contributed by atoms with E-state index in [1.54, 1.807) is 0 Å². The fourth-order valence-electron chi connectivity index (χ4n) is 1.28. The molecule has 14 heavy (non-hydrogen) atoms. The van der Waals surface area contributed by atoms with E-state index in [9.17, 15) is 4.79 Å². The number of carbonyl (C=O) groups is 1. The van der Waals surface area contributed by atoms with E-state index in [-0.39, 0.29) is 0 Å². The summed E-state index contributed by atoms with van der Waals surface area (Å²) in [6.45, 7) is 2.95. The molecule has 0 aliphatic carbocycles. The third-order valence-electron chi connectivity index (χ3n) is 2.07. The van der Waals surface area contributed by atoms with Crippen LogP contribution < -0.4 is 16.4 Å². The Balaban J connectivity index is 2.89. The van der Waals surface area contributed by atoms with Crippen LogP contribution in [0.2, 0.25) is 0 Å². The fraction of sp³-hybridized carbons (Fsp3) is 0.300. The molecule has 4 heteroatoms. The van der Waals surface area contributed by atoms with Crippen molar-refractivity contribution in [3.05, 3.63) is 29.8 Å². The summed E-state index contributed by atoms with van der Waals surface area (Å²) in [5.74, 6) is 0. The second kappa shape index (κ2) is 4.62. The molecule has 0 unspecified atom stereocenters. The van der Waals surface area contributed by atoms with Gasteiger partial charge in [0, 0.05) is 18.8 Å². The van der Waals surface area contributed by atoms with E-state index in [1.807, 2.05) is 31.2 Å². The molecule has 0 saturated heterocycles. The van der Waals surface area contributed by atoms with Crippen molar-refractivity contribution in [1.82, 2.24) is 0 Å². The number of hydrogen-bond acceptors (Lipinski definition) is 2. The van der Waals surface area contributed by atoms with E-state index in [1.165, 1.54) is 4.90 Å². The van der Waals surface area contributed by atoms with Gasteiger partial charge in [-0.1, -0.05) is 12.1 Å². The van der Waals surface area contributed by atoms with Gasteiger partial charge in [-0.15, -0.1) is 0 Å². The van der Waals surface area contributed by atoms with Crippen molar-refractivity contribution in [1.29, 1.82) is 0 Å². The lowest BCUT2D eigenvalue weighted by Gasteiger charge is -2.18. The van der Waals surface area contributed by atoms with E-state index < -0.39 is 6.03 Å². The molecule has 0 radical (unpaired) electrons. The van der Waals surface area contributed by atoms with Gasteiger partial charge in [0.2, 0.25) is 0 Å². The highest BCUT2D eigenvalue weighted by Crippen LogP contribution is 2.14. The van der Waals surface area contributed by atoms with Crippen molar-refractivity contribution in [3.63, 3.8) is 0 Å². The largest absolute Gasteiger partial charge is 0.351 e. The SMILES string of the molecule is CCN(C(N)=O)c1ccc(CN)cc1. The number of anilines is 1. The van der Waals surface area contributed by atoms with Crippen LogP contribution >= 0.6 is 0 Å². The van der Waals surface area contributed by atoms with Gasteiger partial charge in [-0.25, -0.2) is 4.79 Å². The van der Waals surface area contributed by atoms with Crippen LogP contribution in [0.4, 0.5) is 10.5 Å². The van der Waals surface area contributed by atoms with Crippen LogP contribution in [-0.2, 0) is 6.54 Å². The molecule has 1 aromatic carbocycles. The molecule has 4 N–H and O–H groups in total. The van der Waals surface area contributed by atoms with Crippen LogP contribution in [0.3, 0.4) is 0 Å². The molecular weight excluding hydrogens is 178 g/mol. The third-order valence-corrected chi connectivity index (χ3v) is 2.07. The molecule has 1 rings (SSSR count). The lowest BCUT2D eigenvalue weighted by molar-refractivity contribution is 0.254. The summed E-state index contributed by atoms with van der Waals surface area (Å²) in [7, 11) is 0. The normalized spacial score (nSPS) is 9.86. The highest BCUT2D eigenvalue weighted by atomic mass is 16.2. The molecule has 76 valence electrons. The molecule has 0 spiro atoms. The van der Waals surface area contributed by atoms with E-state index in [2.05, 4.69) is 0 Å². The predicted molar refractivity (Wildman–Crippen MR) is 56.9 cm³/mol. The molecular formula is C10H15N3O. The van der Waals surface area contributed by atoms with Gasteiger partial charge in [0.25, 0.3) is 0 Å². The van der Waals surface area contributed by atoms with Gasteiger partial charge < -0.3 is 11.5 Å². The Hall–Kier alpha value is -1.55. The van der Waals surface area contributed by atoms with E-state index >= 15 is 0 Å². The van der Waals surface area contributed by atoms with Crippen LogP contribution in [0.25, 0.3) is 0 Å². The predicted octanol–water partition coefficient (Wildman–Crippen LogP) is 1.05. The molecule has 0 bridgehead atoms. The molecule has 0 aliphatic heterocycles. The topological polar surface area (TPSA) is 72.3 Å². The van der Waals surface area contributed by atoms with Gasteiger partial charge in [-0.3, -0.25) is 4.90 Å². The van der Waals surface area contributed by atoms with E-state index in [0.717, 1.165) is 11.3 Å². The van der Waals surface area contributed by atoms with Gasteiger partial charge in [0.1, 0.15) is 0 Å². The van der Waals surface area contributed by atoms with E-state index in [4.69, 9.17) is 11.5 Å². The molecule has 0 aromatic heterocycles. The van der Waals surface area contributed by atoms with Crippen molar-refractivity contribution < 1.29 is 4.79 Å². The smallest absolute Gasteiger partial charge is 0.319 e. The molecule has 0 aliphatic rings. The minimum absolute atomic E-state index is 0.437. The highest BCUT2D eigenvalue weighted by molar-refractivity contribution is 5.90. The molecule has 1 aromatic rings. The Morgan fingerprint density at radius 2 is 1.93 bits per heavy atom. The van der Waals surface area contributed by atoms with Crippen molar-refractivity contribution in [2.45, 2.75) is 13.5 Å². The summed E-state index contributed by atoms with van der Waals surface area (Å²) < 4.78 is 0. The Bertz CT molecular complexity index is 308. The lowest BCUT2D eigenvalue weighted by atomic mass is 10.2. The Kier molecular flexibility index (Phi) is 3.48. The first-order chi connectivity index (χ1) is 6.69. The summed E-state index contributed by atoms with van der Waals surface area (Å²) in [5.41, 5.74) is 12.5. The number of urea groups is 1. The monoisotopic (exact) mass is 193 g/mol. The average molecular weight is 193 g/mol. The number of primary amides is 1. The maximum absolute atomic E-state index is 11.0. The van der Waals surface area contributed by atoms with Crippen molar-refractivity contribution >= 4 is 11.7 Å². The summed E-state index contributed by atoms with van der Waals surface area (Å²) in [6.07, 6.45) is 0. The molecule has 4 nitrogen and oxygen atoms in total. The standard InChI is InChI=1S/C10H15N3O/c1-2-13(10(12)14)9-5-3-8(7-11)4-6-9/h3-6H,2,7,11H2,1H3,(H2,12,14). The second-order valence-corrected chi connectivity index (χ2v) is 2.95. The van der Waals surface area contributed by atoms with Crippen LogP contribution in [-0.4, -0.2) is 12.6 Å². The minimum atomic E-state index is -0.437. The zero-order chi connectivity index (χ0) is 10.6. The third kappa shape index (κ3) is 2.23. The number of nitrogens with zero attached hydrogens (tertiary/aromatic N) is 1. The first kappa shape index (κ1) is 10.5. The average Bonchev–Trinajstić information content (AvgIpc) is 2.19. The first-order valence-electron chi connectivity index (χ1n) is 4.55. The fourth-order valence-corrected chi connectivity index (χ4v) is 1.28. The van der Waals surface area contributed by atoms with Crippen molar-refractivity contribution in [2.75, 3.05) is 11.4 Å². The maximum atomic E-state index is 11.0. The Labute approximate surface area is 83.5 Å². The summed E-state index contributed by atoms with van der Waals surface area (Å²) in [6, 6.07) is 7.03. The molecule has 2 amide bonds. The first-order valence-corrected chi connectivity index (χ1v) is 4.55. The van der Waals surface area contributed by atoms with Crippen LogP contribution in [0.1, 0.15) is 12.5 Å². The van der Waals surface area contributed by atoms with Crippen LogP contribution in [0.15, 0.2) is 24.3 Å². The molecule has 0 saturated carbocycles. The van der Waals surface area contributed by atoms with Crippen molar-refractivity contribution in [3.8, 4) is 0 Å². The van der Waals surface area contributed by atoms with Gasteiger partial charge in [-0.2, -0.15) is 0 Å². The number of carbonyl (C=O) groups excluding carboxylic acids is 1. The Morgan fingerprint density at radius 1 is 1.36 bits per heavy atom. The summed E-state index contributed by atoms with van der Waals surface area (Å²) in [4.78, 5) is 12.5. The van der Waals surface area contributed by atoms with Crippen molar-refractivity contribution in [2.24, 2.45) is 11.5 Å². The van der Waals surface area contributed by atoms with Gasteiger partial charge in [0.15, 0.2) is 0 Å². The molecule has 0 heterocycles. The molecule has 0 fully saturated rings. The lowest BCUT2D eigenvalue weighted by Crippen LogP contribution is -2.35. The van der Waals surface area contributed by atoms with Gasteiger partial charge >= 0.3 is 6.03 Å². The van der Waals surface area contributed by atoms with Crippen LogP contribution in [0, 0.1) is 0 Å². The number of amides is 2. The van der Waals surface area contributed by atoms with Gasteiger partial charge in [-0.05, 0) is 24.6 Å². The van der Waals surface area contributed by atoms with Crippen LogP contribution in [0.5, 0.6) is 0 Å². The molecule has 0 atom stereocenters. The number of rotatable bonds is 3. The summed E-state index contributed by atoms with van der Waals surface area (Å²) in [5, 5.41) is 0. The zero-order valence-corrected chi connectivity index (χ0v) is 8.23. The second-order valence-electron chi connectivity index (χ2n) is 2.95. The number of hydrogen-bond donors (Lipinski definition) is 2. The number of benzene rings is 1. The zero-order valence-electron chi connectivity index (χ0n) is 8.23. The van der Waals surface area contributed by atoms with Gasteiger partial charge in [0.05, 0.1) is 0 Å². The maximum Gasteiger partial charge on any atom is 0.319 e.